The zero-order valence-electron chi connectivity index (χ0n) is 55.4. The van der Waals surface area contributed by atoms with Gasteiger partial charge in [0.1, 0.15) is 0 Å². The van der Waals surface area contributed by atoms with E-state index in [1.54, 1.807) is 69.9 Å². The normalized spacial score (nSPS) is 11.3. The van der Waals surface area contributed by atoms with E-state index in [-0.39, 0.29) is 58.1 Å². The molecule has 0 atom stereocenters. The number of benzene rings is 8. The third-order valence-corrected chi connectivity index (χ3v) is 41.7. The molecule has 0 unspecified atom stereocenters. The van der Waals surface area contributed by atoms with Crippen LogP contribution in [0.25, 0.3) is 92.9 Å². The van der Waals surface area contributed by atoms with E-state index in [9.17, 15) is 14.4 Å². The second kappa shape index (κ2) is 43.0. The number of aromatic amines is 2. The Kier molecular flexibility index (Phi) is 33.5. The number of nitrogens with one attached hydrogen (secondary N) is 2. The molecule has 0 radical (unpaired) electrons. The Balaban J connectivity index is 0.000000140. The van der Waals surface area contributed by atoms with Gasteiger partial charge in [-0.3, -0.25) is 38.5 Å². The average molecular weight is 1740 g/mol. The Labute approximate surface area is 637 Å². The van der Waals surface area contributed by atoms with Crippen LogP contribution in [0.3, 0.4) is 0 Å². The molecule has 0 bridgehead atoms. The van der Waals surface area contributed by atoms with Crippen molar-refractivity contribution in [1.29, 1.82) is 0 Å². The van der Waals surface area contributed by atoms with Crippen LogP contribution < -0.4 is 0 Å². The molecule has 0 spiro atoms. The Morgan fingerprint density at radius 3 is 1.04 bits per heavy atom. The fraction of sp³-hybridized carbons (Fsp3) is 0.0390. The maximum Gasteiger partial charge on any atom is 0.227 e. The van der Waals surface area contributed by atoms with Gasteiger partial charge >= 0.3 is 0 Å². The molecule has 19 rings (SSSR count). The zero-order chi connectivity index (χ0) is 70.4. The first kappa shape index (κ1) is 79.5. The first-order chi connectivity index (χ1) is 49.5. The molecule has 2 N–H and O–H groups in total. The van der Waals surface area contributed by atoms with Crippen LogP contribution in [0.1, 0.15) is 30.4 Å². The van der Waals surface area contributed by atoms with E-state index in [4.69, 9.17) is 0 Å². The number of fused-ring (bicyclic) bond motifs is 4. The maximum atomic E-state index is 11.4. The Morgan fingerprint density at radius 2 is 0.725 bits per heavy atom. The van der Waals surface area contributed by atoms with Crippen molar-refractivity contribution in [3.8, 4) is 49.3 Å². The van der Waals surface area contributed by atoms with Gasteiger partial charge in [-0.05, 0) is 151 Å². The number of hydrogen-bond donors (Lipinski definition) is 2. The number of aromatic nitrogens is 7. The van der Waals surface area contributed by atoms with Gasteiger partial charge in [-0.1, -0.05) is 211 Å². The number of pyridine rings is 3. The topological polar surface area (TPSA) is 131 Å². The molecule has 0 fully saturated rings. The number of rotatable bonds is 6. The summed E-state index contributed by atoms with van der Waals surface area (Å²) in [7, 11) is 12.5. The summed E-state index contributed by atoms with van der Waals surface area (Å²) in [5, 5.41) is 8.98. The van der Waals surface area contributed by atoms with E-state index in [2.05, 4.69) is 210 Å². The number of hydrogen-bond acceptors (Lipinski definition) is 6. The Hall–Kier alpha value is -6.59. The zero-order valence-corrected chi connectivity index (χ0v) is 71.0. The molecule has 11 heterocycles. The predicted molar refractivity (Wildman–Crippen MR) is 466 cm³/mol. The van der Waals surface area contributed by atoms with E-state index in [0.29, 0.717) is 0 Å². The van der Waals surface area contributed by atoms with Crippen molar-refractivity contribution in [3.63, 3.8) is 0 Å². The molecule has 8 aromatic carbocycles. The van der Waals surface area contributed by atoms with Crippen LogP contribution in [0.2, 0.25) is 0 Å². The summed E-state index contributed by atoms with van der Waals surface area (Å²) in [5.41, 5.74) is 11.0. The predicted octanol–water partition coefficient (Wildman–Crippen LogP) is 28.1. The molecule has 25 heteroatoms. The summed E-state index contributed by atoms with van der Waals surface area (Å²) < 4.78 is 4.43. The van der Waals surface area contributed by atoms with E-state index in [1.807, 2.05) is 134 Å². The molecule has 0 aliphatic rings. The number of halogens is 2. The molecule has 0 amide bonds. The fourth-order valence-corrected chi connectivity index (χ4v) is 31.3. The van der Waals surface area contributed by atoms with Crippen molar-refractivity contribution in [2.45, 2.75) is 20.8 Å². The first-order valence-corrected chi connectivity index (χ1v) is 56.9. The van der Waals surface area contributed by atoms with Gasteiger partial charge in [0.25, 0.3) is 0 Å². The number of nitrogens with zero attached hydrogens (tertiary/aromatic N) is 5. The minimum atomic E-state index is -0.361. The Morgan fingerprint density at radius 1 is 0.392 bits per heavy atom. The van der Waals surface area contributed by atoms with Crippen molar-refractivity contribution >= 4 is 177 Å². The van der Waals surface area contributed by atoms with Gasteiger partial charge in [0, 0.05) is 167 Å². The summed E-state index contributed by atoms with van der Waals surface area (Å²) in [6, 6.07) is 90.6. The smallest absolute Gasteiger partial charge is 0.227 e. The molecule has 19 aromatic rings. The van der Waals surface area contributed by atoms with E-state index >= 15 is 0 Å². The van der Waals surface area contributed by atoms with Crippen LogP contribution in [-0.2, 0) is 25.2 Å². The van der Waals surface area contributed by atoms with Gasteiger partial charge in [-0.25, -0.2) is 0 Å². The maximum absolute atomic E-state index is 11.4. The fourth-order valence-electron chi connectivity index (χ4n) is 9.86. The van der Waals surface area contributed by atoms with Crippen LogP contribution in [-0.4, -0.2) is 51.1 Å². The minimum Gasteiger partial charge on any atom is -0.361 e. The van der Waals surface area contributed by atoms with Crippen molar-refractivity contribution < 1.29 is 34.8 Å². The standard InChI is InChI=1S/C18H15P3.2C15H12N2O.C13H10N2.C8H6BrN.C6H5.C2H3ClO.3H3P3.Pd/c1-4-10-16(11-5-1)19-20(17-12-6-2-7-13-17)21(19)18-14-8-3-9-15-18;2*1-11(18)17-8-6-13-9-12(4-5-15(13)17)14-3-2-7-16-10-14;1-2-12(9-14-6-1)10-3-4-13-11(8-10)5-7-15-13;9-7-1-2-8-6(5-7)3-4-10-8;1-2-4-6-5-3-1;1-2(3)4;3*1-2-3-1;/h1-15H;2*2-10H,1H3;1-9,15H;1-5,10H;1-5H;1H3;3*1-3H;/q;;;;;-1;;;;;. The van der Waals surface area contributed by atoms with Gasteiger partial charge in [-0.2, -0.15) is 36.4 Å². The molecule has 0 aliphatic carbocycles. The average Bonchev–Trinajstić information content (AvgIpc) is 1.57. The molecule has 0 saturated carbocycles. The van der Waals surface area contributed by atoms with Crippen molar-refractivity contribution in [2.24, 2.45) is 0 Å². The molecular weight excluding hydrogens is 1660 g/mol. The van der Waals surface area contributed by atoms with Gasteiger partial charge in [-0.15, -0.1) is 0 Å². The first-order valence-electron chi connectivity index (χ1n) is 31.6. The van der Waals surface area contributed by atoms with Crippen LogP contribution >= 0.6 is 116 Å². The van der Waals surface area contributed by atoms with Crippen molar-refractivity contribution in [2.75, 3.05) is 0 Å². The summed E-state index contributed by atoms with van der Waals surface area (Å²) >= 11 is 8.04. The second-order valence-electron chi connectivity index (χ2n) is 21.7. The van der Waals surface area contributed by atoms with Gasteiger partial charge in [0.2, 0.25) is 17.1 Å². The molecule has 518 valence electrons. The van der Waals surface area contributed by atoms with E-state index < -0.39 is 0 Å². The summed E-state index contributed by atoms with van der Waals surface area (Å²) in [5.74, 6) is 0.0539. The van der Waals surface area contributed by atoms with Crippen LogP contribution in [0.4, 0.5) is 0 Å². The third-order valence-electron chi connectivity index (χ3n) is 14.6. The molecular formula is C77H72BrClN7O3P12Pd-. The largest absolute Gasteiger partial charge is 0.361 e. The van der Waals surface area contributed by atoms with Crippen LogP contribution in [0.5, 0.6) is 0 Å². The summed E-state index contributed by atoms with van der Waals surface area (Å²) in [6.45, 7) is 4.44. The van der Waals surface area contributed by atoms with Gasteiger partial charge in [0.15, 0.2) is 0 Å². The van der Waals surface area contributed by atoms with Crippen LogP contribution in [0.15, 0.2) is 321 Å². The second-order valence-corrected chi connectivity index (χ2v) is 65.7. The molecule has 11 aromatic heterocycles. The summed E-state index contributed by atoms with van der Waals surface area (Å²) in [6.07, 6.45) is 18.4. The monoisotopic (exact) mass is 1730 g/mol. The minimum absolute atomic E-state index is 0. The van der Waals surface area contributed by atoms with Crippen molar-refractivity contribution in [3.05, 3.63) is 327 Å². The van der Waals surface area contributed by atoms with Crippen molar-refractivity contribution in [1.82, 2.24) is 34.1 Å². The van der Waals surface area contributed by atoms with Gasteiger partial charge < -0.3 is 9.97 Å². The Bertz CT molecular complexity index is 5060. The third kappa shape index (κ3) is 26.2. The number of H-pyrrole nitrogens is 2. The van der Waals surface area contributed by atoms with E-state index in [0.717, 1.165) is 54.1 Å². The molecule has 10 nitrogen and oxygen atoms in total. The molecule has 0 aliphatic heterocycles. The van der Waals surface area contributed by atoms with Gasteiger partial charge in [0.05, 0.1) is 11.0 Å². The molecule has 0 saturated heterocycles. The number of carbonyl (C=O) groups is 3. The SMILES string of the molecule is Brc1ccc2[nH]ccc2c1.CC(=O)Cl.CC(=O)n1ccc2cc(-c3cccnc3)ccc21.CC(=O)n1ccc2cc(-c3cccnc3)ccc21.[Pd].[c-]1ccccc1.[pH]1[pH][pH]1.[pH]1[pH][pH]1.[pH]1[pH][pH]1.c1ccc(-p2p(-c3ccccc3)p2-c2ccccc2)cc1.c1cncc(-c2ccc3[nH]ccc3c2)c1. The number of carbonyl (C=O) groups excluding carboxylic acids is 3. The quantitative estimate of drug-likeness (QED) is 0.0968. The summed E-state index contributed by atoms with van der Waals surface area (Å²) in [4.78, 5) is 50.7. The van der Waals surface area contributed by atoms with Crippen LogP contribution in [0, 0.1) is 6.07 Å². The van der Waals surface area contributed by atoms with E-state index in [1.165, 1.54) is 102 Å². The molecule has 102 heavy (non-hydrogen) atoms.